The van der Waals surface area contributed by atoms with E-state index in [9.17, 15) is 4.79 Å². The highest BCUT2D eigenvalue weighted by atomic mass is 35.5. The summed E-state index contributed by atoms with van der Waals surface area (Å²) in [5.41, 5.74) is 3.13. The van der Waals surface area contributed by atoms with Crippen LogP contribution in [0.1, 0.15) is 21.5 Å². The van der Waals surface area contributed by atoms with Crippen LogP contribution in [-0.2, 0) is 11.3 Å². The number of halogens is 1. The molecular formula is C17H14ClNOS. The summed E-state index contributed by atoms with van der Waals surface area (Å²) in [4.78, 5) is 14.4. The predicted molar refractivity (Wildman–Crippen MR) is 86.8 cm³/mol. The van der Waals surface area contributed by atoms with Crippen molar-refractivity contribution in [1.82, 2.24) is 4.90 Å². The zero-order valence-corrected chi connectivity index (χ0v) is 13.0. The average Bonchev–Trinajstić information content (AvgIpc) is 3.00. The molecule has 4 rings (SSSR count). The predicted octanol–water partition coefficient (Wildman–Crippen LogP) is 3.94. The topological polar surface area (TPSA) is 20.3 Å². The van der Waals surface area contributed by atoms with Crippen LogP contribution in [0.4, 0.5) is 0 Å². The second kappa shape index (κ2) is 4.79. The molecule has 1 saturated heterocycles. The van der Waals surface area contributed by atoms with Crippen LogP contribution in [0.5, 0.6) is 0 Å². The summed E-state index contributed by atoms with van der Waals surface area (Å²) in [6.45, 7) is 0.808. The monoisotopic (exact) mass is 315 g/mol. The highest BCUT2D eigenvalue weighted by Crippen LogP contribution is 2.53. The Kier molecular flexibility index (Phi) is 3.02. The average molecular weight is 316 g/mol. The largest absolute Gasteiger partial charge is 0.319 e. The molecule has 1 atom stereocenters. The molecule has 0 aromatic heterocycles. The fourth-order valence-corrected chi connectivity index (χ4v) is 5.05. The van der Waals surface area contributed by atoms with Gasteiger partial charge in [0.25, 0.3) is 5.91 Å². The summed E-state index contributed by atoms with van der Waals surface area (Å²) in [6.07, 6.45) is 0.831. The van der Waals surface area contributed by atoms with Gasteiger partial charge >= 0.3 is 0 Å². The number of nitrogens with zero attached hydrogens (tertiary/aromatic N) is 1. The minimum atomic E-state index is -0.279. The molecule has 2 nitrogen and oxygen atoms in total. The molecule has 1 unspecified atom stereocenters. The Bertz CT molecular complexity index is 718. The third kappa shape index (κ3) is 1.91. The first-order valence-corrected chi connectivity index (χ1v) is 8.37. The number of carbonyl (C=O) groups excluding carboxylic acids is 1. The Labute approximate surface area is 133 Å². The van der Waals surface area contributed by atoms with E-state index in [1.54, 1.807) is 6.07 Å². The Balaban J connectivity index is 1.86. The zero-order chi connectivity index (χ0) is 14.4. The minimum absolute atomic E-state index is 0.141. The summed E-state index contributed by atoms with van der Waals surface area (Å²) in [5, 5.41) is 0.698. The van der Waals surface area contributed by atoms with E-state index in [1.807, 2.05) is 47.0 Å². The SMILES string of the molecule is O=C1c2ccc(Cl)cc2C2(Cc3ccccc3)SCCN12. The van der Waals surface area contributed by atoms with E-state index >= 15 is 0 Å². The van der Waals surface area contributed by atoms with Gasteiger partial charge in [-0.3, -0.25) is 4.79 Å². The van der Waals surface area contributed by atoms with Crippen LogP contribution in [0.3, 0.4) is 0 Å². The van der Waals surface area contributed by atoms with Crippen molar-refractivity contribution in [2.24, 2.45) is 0 Å². The van der Waals surface area contributed by atoms with E-state index in [0.29, 0.717) is 5.02 Å². The van der Waals surface area contributed by atoms with Gasteiger partial charge in [0.2, 0.25) is 0 Å². The lowest BCUT2D eigenvalue weighted by Gasteiger charge is -2.32. The van der Waals surface area contributed by atoms with E-state index in [4.69, 9.17) is 11.6 Å². The number of hydrogen-bond acceptors (Lipinski definition) is 2. The van der Waals surface area contributed by atoms with Crippen LogP contribution >= 0.6 is 23.4 Å². The maximum Gasteiger partial charge on any atom is 0.255 e. The van der Waals surface area contributed by atoms with Crippen molar-refractivity contribution in [3.05, 3.63) is 70.2 Å². The number of thioether (sulfide) groups is 1. The Hall–Kier alpha value is -1.45. The van der Waals surface area contributed by atoms with Gasteiger partial charge in [-0.05, 0) is 23.8 Å². The Morgan fingerprint density at radius 2 is 2.00 bits per heavy atom. The van der Waals surface area contributed by atoms with Crippen molar-refractivity contribution in [3.8, 4) is 0 Å². The molecule has 2 aromatic rings. The summed E-state index contributed by atoms with van der Waals surface area (Å²) >= 11 is 8.04. The smallest absolute Gasteiger partial charge is 0.255 e. The van der Waals surface area contributed by atoms with Gasteiger partial charge in [0.05, 0.1) is 0 Å². The van der Waals surface area contributed by atoms with E-state index in [0.717, 1.165) is 29.8 Å². The number of hydrogen-bond donors (Lipinski definition) is 0. The lowest BCUT2D eigenvalue weighted by molar-refractivity contribution is 0.0724. The van der Waals surface area contributed by atoms with Gasteiger partial charge in [0, 0.05) is 34.9 Å². The van der Waals surface area contributed by atoms with Gasteiger partial charge < -0.3 is 4.90 Å². The van der Waals surface area contributed by atoms with Crippen LogP contribution in [0.2, 0.25) is 5.02 Å². The van der Waals surface area contributed by atoms with Gasteiger partial charge in [0.1, 0.15) is 4.87 Å². The maximum atomic E-state index is 12.7. The fourth-order valence-electron chi connectivity index (χ4n) is 3.34. The molecule has 2 aliphatic heterocycles. The van der Waals surface area contributed by atoms with E-state index in [-0.39, 0.29) is 10.8 Å². The van der Waals surface area contributed by atoms with Crippen molar-refractivity contribution in [1.29, 1.82) is 0 Å². The molecule has 0 spiro atoms. The summed E-state index contributed by atoms with van der Waals surface area (Å²) in [5.74, 6) is 1.12. The molecule has 0 aliphatic carbocycles. The summed E-state index contributed by atoms with van der Waals surface area (Å²) < 4.78 is 0. The van der Waals surface area contributed by atoms with E-state index in [1.165, 1.54) is 5.56 Å². The normalized spacial score (nSPS) is 23.3. The third-order valence-corrected chi connectivity index (χ3v) is 5.94. The summed E-state index contributed by atoms with van der Waals surface area (Å²) in [6, 6.07) is 16.0. The molecule has 0 bridgehead atoms. The molecule has 106 valence electrons. The zero-order valence-electron chi connectivity index (χ0n) is 11.4. The first kappa shape index (κ1) is 13.2. The number of amides is 1. The first-order chi connectivity index (χ1) is 10.2. The highest BCUT2D eigenvalue weighted by Gasteiger charge is 2.53. The molecule has 21 heavy (non-hydrogen) atoms. The number of fused-ring (bicyclic) bond motifs is 3. The lowest BCUT2D eigenvalue weighted by atomic mass is 9.97. The standard InChI is InChI=1S/C17H14ClNOS/c18-13-6-7-14-15(10-13)17(11-12-4-2-1-3-5-12)19(16(14)20)8-9-21-17/h1-7,10H,8-9,11H2. The van der Waals surface area contributed by atoms with E-state index in [2.05, 4.69) is 12.1 Å². The fraction of sp³-hybridized carbons (Fsp3) is 0.235. The lowest BCUT2D eigenvalue weighted by Crippen LogP contribution is -2.38. The minimum Gasteiger partial charge on any atom is -0.319 e. The van der Waals surface area contributed by atoms with Crippen molar-refractivity contribution >= 4 is 29.3 Å². The van der Waals surface area contributed by atoms with Crippen molar-refractivity contribution in [2.45, 2.75) is 11.3 Å². The van der Waals surface area contributed by atoms with Crippen molar-refractivity contribution in [2.75, 3.05) is 12.3 Å². The van der Waals surface area contributed by atoms with Gasteiger partial charge in [-0.1, -0.05) is 41.9 Å². The maximum absolute atomic E-state index is 12.7. The third-order valence-electron chi connectivity index (χ3n) is 4.26. The van der Waals surface area contributed by atoms with Crippen LogP contribution in [0.15, 0.2) is 48.5 Å². The molecule has 0 N–H and O–H groups in total. The first-order valence-electron chi connectivity index (χ1n) is 7.01. The Morgan fingerprint density at radius 1 is 1.19 bits per heavy atom. The Morgan fingerprint density at radius 3 is 2.81 bits per heavy atom. The van der Waals surface area contributed by atoms with Gasteiger partial charge in [0.15, 0.2) is 0 Å². The number of carbonyl (C=O) groups is 1. The van der Waals surface area contributed by atoms with Gasteiger partial charge in [-0.2, -0.15) is 0 Å². The summed E-state index contributed by atoms with van der Waals surface area (Å²) in [7, 11) is 0. The van der Waals surface area contributed by atoms with E-state index < -0.39 is 0 Å². The van der Waals surface area contributed by atoms with Crippen molar-refractivity contribution in [3.63, 3.8) is 0 Å². The quantitative estimate of drug-likeness (QED) is 0.836. The molecule has 4 heteroatoms. The molecule has 2 heterocycles. The number of benzene rings is 2. The molecule has 0 radical (unpaired) electrons. The molecule has 1 amide bonds. The highest BCUT2D eigenvalue weighted by molar-refractivity contribution is 8.00. The molecule has 0 saturated carbocycles. The molecule has 2 aromatic carbocycles. The molecular weight excluding hydrogens is 302 g/mol. The van der Waals surface area contributed by atoms with Crippen molar-refractivity contribution < 1.29 is 4.79 Å². The molecule has 2 aliphatic rings. The van der Waals surface area contributed by atoms with Crippen LogP contribution < -0.4 is 0 Å². The van der Waals surface area contributed by atoms with Gasteiger partial charge in [-0.15, -0.1) is 11.8 Å². The second-order valence-corrected chi connectivity index (χ2v) is 7.25. The van der Waals surface area contributed by atoms with Crippen LogP contribution in [0, 0.1) is 0 Å². The van der Waals surface area contributed by atoms with Crippen LogP contribution in [-0.4, -0.2) is 23.1 Å². The second-order valence-electron chi connectivity index (χ2n) is 5.44. The van der Waals surface area contributed by atoms with Gasteiger partial charge in [-0.25, -0.2) is 0 Å². The molecule has 1 fully saturated rings. The number of rotatable bonds is 2. The van der Waals surface area contributed by atoms with Crippen LogP contribution in [0.25, 0.3) is 0 Å².